The van der Waals surface area contributed by atoms with Crippen molar-refractivity contribution >= 4 is 0 Å². The van der Waals surface area contributed by atoms with E-state index >= 15 is 0 Å². The van der Waals surface area contributed by atoms with Crippen LogP contribution in [0.25, 0.3) is 0 Å². The summed E-state index contributed by atoms with van der Waals surface area (Å²) in [5.74, 6) is 0.808. The van der Waals surface area contributed by atoms with Crippen molar-refractivity contribution in [1.29, 1.82) is 0 Å². The van der Waals surface area contributed by atoms with Gasteiger partial charge in [0.1, 0.15) is 5.75 Å². The zero-order valence-corrected chi connectivity index (χ0v) is 17.6. The molecule has 1 fully saturated rings. The largest absolute Gasteiger partial charge is 0.493 e. The molecule has 2 aromatic heterocycles. The molecule has 3 heterocycles. The lowest BCUT2D eigenvalue weighted by molar-refractivity contribution is -0.137. The quantitative estimate of drug-likeness (QED) is 0.610. The van der Waals surface area contributed by atoms with Gasteiger partial charge >= 0.3 is 6.18 Å². The van der Waals surface area contributed by atoms with E-state index in [9.17, 15) is 13.2 Å². The second-order valence-corrected chi connectivity index (χ2v) is 8.07. The third-order valence-electron chi connectivity index (χ3n) is 5.67. The number of benzene rings is 1. The van der Waals surface area contributed by atoms with Crippen LogP contribution in [0.2, 0.25) is 0 Å². The van der Waals surface area contributed by atoms with E-state index in [4.69, 9.17) is 4.74 Å². The fourth-order valence-corrected chi connectivity index (χ4v) is 4.00. The van der Waals surface area contributed by atoms with Gasteiger partial charge in [-0.1, -0.05) is 0 Å². The number of nitrogens with one attached hydrogen (secondary N) is 1. The van der Waals surface area contributed by atoms with E-state index in [2.05, 4.69) is 32.5 Å². The number of aromatic amines is 1. The summed E-state index contributed by atoms with van der Waals surface area (Å²) in [5.41, 5.74) is 3.66. The summed E-state index contributed by atoms with van der Waals surface area (Å²) in [5, 5.41) is 12.0. The highest BCUT2D eigenvalue weighted by Gasteiger charge is 2.30. The molecule has 9 heteroatoms. The molecular weight excluding hydrogens is 407 g/mol. The van der Waals surface area contributed by atoms with Gasteiger partial charge in [-0.15, -0.1) is 0 Å². The summed E-state index contributed by atoms with van der Waals surface area (Å²) >= 11 is 0. The Labute approximate surface area is 179 Å². The second kappa shape index (κ2) is 8.74. The van der Waals surface area contributed by atoms with E-state index in [1.54, 1.807) is 0 Å². The minimum atomic E-state index is -4.34. The summed E-state index contributed by atoms with van der Waals surface area (Å²) in [4.78, 5) is 2.43. The van der Waals surface area contributed by atoms with E-state index in [0.717, 1.165) is 55.3 Å². The summed E-state index contributed by atoms with van der Waals surface area (Å²) in [6, 6.07) is 6.82. The maximum absolute atomic E-state index is 12.6. The molecule has 0 spiro atoms. The first-order chi connectivity index (χ1) is 14.8. The number of halogens is 3. The smallest absolute Gasteiger partial charge is 0.416 e. The monoisotopic (exact) mass is 433 g/mol. The first-order valence-electron chi connectivity index (χ1n) is 10.3. The number of aromatic nitrogens is 4. The topological polar surface area (TPSA) is 59.0 Å². The molecule has 1 saturated heterocycles. The molecule has 0 amide bonds. The molecule has 0 radical (unpaired) electrons. The van der Waals surface area contributed by atoms with Crippen molar-refractivity contribution in [2.75, 3.05) is 19.7 Å². The molecule has 0 bridgehead atoms. The van der Waals surface area contributed by atoms with Crippen molar-refractivity contribution in [3.63, 3.8) is 0 Å². The van der Waals surface area contributed by atoms with Gasteiger partial charge in [-0.05, 0) is 50.2 Å². The Bertz CT molecular complexity index is 1010. The Hall–Kier alpha value is -2.81. The van der Waals surface area contributed by atoms with Crippen LogP contribution in [0, 0.1) is 6.92 Å². The lowest BCUT2D eigenvalue weighted by Crippen LogP contribution is -2.20. The van der Waals surface area contributed by atoms with Gasteiger partial charge in [0.2, 0.25) is 0 Å². The zero-order valence-electron chi connectivity index (χ0n) is 17.6. The fraction of sp³-hybridized carbons (Fsp3) is 0.455. The van der Waals surface area contributed by atoms with Crippen molar-refractivity contribution in [2.24, 2.45) is 7.05 Å². The van der Waals surface area contributed by atoms with Crippen molar-refractivity contribution in [3.05, 3.63) is 64.7 Å². The van der Waals surface area contributed by atoms with E-state index in [1.165, 1.54) is 17.7 Å². The third kappa shape index (κ3) is 5.28. The van der Waals surface area contributed by atoms with Crippen LogP contribution in [0.4, 0.5) is 13.2 Å². The molecule has 1 aliphatic heterocycles. The maximum Gasteiger partial charge on any atom is 0.416 e. The van der Waals surface area contributed by atoms with Gasteiger partial charge in [0.05, 0.1) is 23.6 Å². The molecule has 4 rings (SSSR count). The van der Waals surface area contributed by atoms with Crippen LogP contribution in [-0.4, -0.2) is 44.6 Å². The van der Waals surface area contributed by atoms with Crippen LogP contribution in [0.15, 0.2) is 36.5 Å². The zero-order chi connectivity index (χ0) is 22.0. The van der Waals surface area contributed by atoms with Gasteiger partial charge < -0.3 is 4.74 Å². The summed E-state index contributed by atoms with van der Waals surface area (Å²) < 4.78 is 45.3. The molecule has 1 aliphatic rings. The number of alkyl halides is 3. The van der Waals surface area contributed by atoms with Crippen LogP contribution in [0.3, 0.4) is 0 Å². The molecule has 0 saturated carbocycles. The Kier molecular flexibility index (Phi) is 6.04. The Morgan fingerprint density at radius 3 is 2.68 bits per heavy atom. The molecule has 1 unspecified atom stereocenters. The normalized spacial score (nSPS) is 17.4. The molecule has 0 aliphatic carbocycles. The first-order valence-corrected chi connectivity index (χ1v) is 10.3. The molecule has 1 atom stereocenters. The molecule has 31 heavy (non-hydrogen) atoms. The average molecular weight is 433 g/mol. The van der Waals surface area contributed by atoms with Crippen LogP contribution >= 0.6 is 0 Å². The SMILES string of the molecule is Cc1nn(C)cc1CN1CCC(c2cc(CCOc3ccc(C(F)(F)F)cc3)[nH]n2)C1. The summed E-state index contributed by atoms with van der Waals surface area (Å²) in [7, 11) is 1.94. The Balaban J connectivity index is 1.25. The summed E-state index contributed by atoms with van der Waals surface area (Å²) in [6.45, 7) is 5.28. The lowest BCUT2D eigenvalue weighted by atomic mass is 10.0. The van der Waals surface area contributed by atoms with Crippen molar-refractivity contribution in [2.45, 2.75) is 38.4 Å². The maximum atomic E-state index is 12.6. The van der Waals surface area contributed by atoms with E-state index < -0.39 is 11.7 Å². The molecule has 3 aromatic rings. The number of rotatable bonds is 7. The van der Waals surface area contributed by atoms with E-state index in [1.807, 2.05) is 18.7 Å². The van der Waals surface area contributed by atoms with Crippen LogP contribution in [0.5, 0.6) is 5.75 Å². The van der Waals surface area contributed by atoms with Crippen LogP contribution < -0.4 is 4.74 Å². The number of hydrogen-bond acceptors (Lipinski definition) is 4. The second-order valence-electron chi connectivity index (χ2n) is 8.07. The number of H-pyrrole nitrogens is 1. The molecule has 1 aromatic carbocycles. The number of ether oxygens (including phenoxy) is 1. The van der Waals surface area contributed by atoms with Gasteiger partial charge in [0, 0.05) is 49.9 Å². The number of nitrogens with zero attached hydrogens (tertiary/aromatic N) is 4. The predicted molar refractivity (Wildman–Crippen MR) is 110 cm³/mol. The Morgan fingerprint density at radius 2 is 2.00 bits per heavy atom. The lowest BCUT2D eigenvalue weighted by Gasteiger charge is -2.14. The average Bonchev–Trinajstić information content (AvgIpc) is 3.43. The van der Waals surface area contributed by atoms with Crippen molar-refractivity contribution in [3.8, 4) is 5.75 Å². The fourth-order valence-electron chi connectivity index (χ4n) is 4.00. The Morgan fingerprint density at radius 1 is 1.23 bits per heavy atom. The van der Waals surface area contributed by atoms with Crippen molar-refractivity contribution in [1.82, 2.24) is 24.9 Å². The van der Waals surface area contributed by atoms with Gasteiger partial charge in [-0.25, -0.2) is 0 Å². The highest BCUT2D eigenvalue weighted by molar-refractivity contribution is 5.29. The van der Waals surface area contributed by atoms with Crippen LogP contribution in [-0.2, 0) is 26.2 Å². The van der Waals surface area contributed by atoms with Gasteiger partial charge in [-0.2, -0.15) is 23.4 Å². The highest BCUT2D eigenvalue weighted by atomic mass is 19.4. The van der Waals surface area contributed by atoms with E-state index in [-0.39, 0.29) is 0 Å². The third-order valence-corrected chi connectivity index (χ3v) is 5.67. The summed E-state index contributed by atoms with van der Waals surface area (Å²) in [6.07, 6.45) is -0.589. The highest BCUT2D eigenvalue weighted by Crippen LogP contribution is 2.30. The minimum absolute atomic E-state index is 0.365. The molecule has 166 valence electrons. The first kappa shape index (κ1) is 21.4. The predicted octanol–water partition coefficient (Wildman–Crippen LogP) is 4.08. The van der Waals surface area contributed by atoms with E-state index in [0.29, 0.717) is 24.7 Å². The van der Waals surface area contributed by atoms with Crippen LogP contribution in [0.1, 0.15) is 40.5 Å². The van der Waals surface area contributed by atoms with Gasteiger partial charge in [-0.3, -0.25) is 14.7 Å². The standard InChI is InChI=1S/C22H26F3N5O/c1-15-17(12-29(2)28-15)14-30-9-7-16(13-30)21-11-19(26-27-21)8-10-31-20-5-3-18(4-6-20)22(23,24)25/h3-6,11-12,16H,7-10,13-14H2,1-2H3,(H,26,27). The number of likely N-dealkylation sites (tertiary alicyclic amines) is 1. The minimum Gasteiger partial charge on any atom is -0.493 e. The molecular formula is C22H26F3N5O. The number of aryl methyl sites for hydroxylation is 2. The number of hydrogen-bond donors (Lipinski definition) is 1. The van der Waals surface area contributed by atoms with Gasteiger partial charge in [0.25, 0.3) is 0 Å². The van der Waals surface area contributed by atoms with Crippen molar-refractivity contribution < 1.29 is 17.9 Å². The molecule has 6 nitrogen and oxygen atoms in total. The molecule has 1 N–H and O–H groups in total. The van der Waals surface area contributed by atoms with Gasteiger partial charge in [0.15, 0.2) is 0 Å².